The van der Waals surface area contributed by atoms with E-state index in [0.717, 1.165) is 10.9 Å². The zero-order valence-corrected chi connectivity index (χ0v) is 10.2. The van der Waals surface area contributed by atoms with Gasteiger partial charge in [-0.2, -0.15) is 10.1 Å². The Morgan fingerprint density at radius 3 is 2.85 bits per heavy atom. The second-order valence-electron chi connectivity index (χ2n) is 4.15. The highest BCUT2D eigenvalue weighted by atomic mass is 16.5. The Morgan fingerprint density at radius 1 is 1.00 bits per heavy atom. The van der Waals surface area contributed by atoms with Crippen LogP contribution in [0.5, 0.6) is 0 Å². The fourth-order valence-electron chi connectivity index (χ4n) is 1.92. The van der Waals surface area contributed by atoms with Crippen LogP contribution in [0.1, 0.15) is 0 Å². The van der Waals surface area contributed by atoms with Gasteiger partial charge in [0.1, 0.15) is 12.0 Å². The largest absolute Gasteiger partial charge is 0.332 e. The number of hydrogen-bond donors (Lipinski definition) is 1. The average molecular weight is 264 g/mol. The molecule has 96 valence electrons. The quantitative estimate of drug-likeness (QED) is 0.595. The van der Waals surface area contributed by atoms with Gasteiger partial charge in [-0.25, -0.2) is 9.97 Å². The second kappa shape index (κ2) is 4.23. The summed E-state index contributed by atoms with van der Waals surface area (Å²) in [4.78, 5) is 12.7. The molecule has 20 heavy (non-hydrogen) atoms. The van der Waals surface area contributed by atoms with Crippen LogP contribution in [-0.4, -0.2) is 30.3 Å². The van der Waals surface area contributed by atoms with Crippen molar-refractivity contribution in [2.24, 2.45) is 0 Å². The molecule has 0 spiro atoms. The minimum atomic E-state index is 0.349. The maximum Gasteiger partial charge on any atom is 0.276 e. The first-order valence-electron chi connectivity index (χ1n) is 5.96. The van der Waals surface area contributed by atoms with Gasteiger partial charge in [0, 0.05) is 5.39 Å². The van der Waals surface area contributed by atoms with Crippen LogP contribution in [0.15, 0.2) is 47.2 Å². The minimum Gasteiger partial charge on any atom is -0.332 e. The van der Waals surface area contributed by atoms with Crippen molar-refractivity contribution in [1.82, 2.24) is 30.3 Å². The summed E-state index contributed by atoms with van der Waals surface area (Å²) >= 11 is 0. The lowest BCUT2D eigenvalue weighted by Gasteiger charge is -1.97. The van der Waals surface area contributed by atoms with Gasteiger partial charge in [-0.3, -0.25) is 5.10 Å². The molecule has 0 unspecified atom stereocenters. The number of para-hydroxylation sites is 1. The number of aromatic nitrogens is 6. The van der Waals surface area contributed by atoms with Crippen molar-refractivity contribution in [3.05, 3.63) is 42.7 Å². The molecule has 0 saturated heterocycles. The van der Waals surface area contributed by atoms with Crippen molar-refractivity contribution in [2.75, 3.05) is 0 Å². The SMILES string of the molecule is c1ccc2nc(-c3nc(-c4ncn[nH]4)no3)ccc2c1. The van der Waals surface area contributed by atoms with Crippen LogP contribution >= 0.6 is 0 Å². The Morgan fingerprint density at radius 2 is 1.95 bits per heavy atom. The Bertz CT molecular complexity index is 867. The van der Waals surface area contributed by atoms with Gasteiger partial charge < -0.3 is 4.52 Å². The zero-order valence-electron chi connectivity index (χ0n) is 10.2. The number of H-pyrrole nitrogens is 1. The molecule has 1 aromatic carbocycles. The van der Waals surface area contributed by atoms with Crippen molar-refractivity contribution < 1.29 is 4.52 Å². The third-order valence-electron chi connectivity index (χ3n) is 2.87. The van der Waals surface area contributed by atoms with Crippen molar-refractivity contribution in [1.29, 1.82) is 0 Å². The van der Waals surface area contributed by atoms with Crippen molar-refractivity contribution in [3.8, 4) is 23.2 Å². The molecule has 0 fully saturated rings. The standard InChI is InChI=1S/C13H8N6O/c1-2-4-9-8(3-1)5-6-10(16-9)13-17-12(19-20-13)11-14-7-15-18-11/h1-7H,(H,14,15,18). The number of nitrogens with zero attached hydrogens (tertiary/aromatic N) is 5. The van der Waals surface area contributed by atoms with Gasteiger partial charge in [-0.05, 0) is 12.1 Å². The van der Waals surface area contributed by atoms with E-state index in [4.69, 9.17) is 4.52 Å². The number of benzene rings is 1. The molecule has 0 bridgehead atoms. The summed E-state index contributed by atoms with van der Waals surface area (Å²) in [5, 5.41) is 11.3. The van der Waals surface area contributed by atoms with E-state index >= 15 is 0 Å². The summed E-state index contributed by atoms with van der Waals surface area (Å²) in [6.07, 6.45) is 1.39. The van der Waals surface area contributed by atoms with E-state index in [2.05, 4.69) is 30.3 Å². The second-order valence-corrected chi connectivity index (χ2v) is 4.15. The molecule has 7 heteroatoms. The summed E-state index contributed by atoms with van der Waals surface area (Å²) in [7, 11) is 0. The molecular weight excluding hydrogens is 256 g/mol. The molecule has 3 aromatic heterocycles. The fraction of sp³-hybridized carbons (Fsp3) is 0. The van der Waals surface area contributed by atoms with Crippen molar-refractivity contribution in [2.45, 2.75) is 0 Å². The summed E-state index contributed by atoms with van der Waals surface area (Å²) in [5.41, 5.74) is 1.51. The molecule has 0 aliphatic rings. The zero-order chi connectivity index (χ0) is 13.4. The van der Waals surface area contributed by atoms with Gasteiger partial charge in [-0.15, -0.1) is 0 Å². The highest BCUT2D eigenvalue weighted by Crippen LogP contribution is 2.21. The minimum absolute atomic E-state index is 0.349. The van der Waals surface area contributed by atoms with E-state index in [9.17, 15) is 0 Å². The third-order valence-corrected chi connectivity index (χ3v) is 2.87. The van der Waals surface area contributed by atoms with Crippen LogP contribution in [-0.2, 0) is 0 Å². The number of hydrogen-bond acceptors (Lipinski definition) is 6. The maximum absolute atomic E-state index is 5.21. The lowest BCUT2D eigenvalue weighted by atomic mass is 10.2. The van der Waals surface area contributed by atoms with E-state index in [1.807, 2.05) is 36.4 Å². The van der Waals surface area contributed by atoms with Gasteiger partial charge in [0.05, 0.1) is 5.52 Å². The molecule has 7 nitrogen and oxygen atoms in total. The monoisotopic (exact) mass is 264 g/mol. The first-order chi connectivity index (χ1) is 9.90. The molecule has 4 aromatic rings. The van der Waals surface area contributed by atoms with Gasteiger partial charge in [-0.1, -0.05) is 29.4 Å². The number of nitrogens with one attached hydrogen (secondary N) is 1. The van der Waals surface area contributed by atoms with E-state index in [1.54, 1.807) is 0 Å². The topological polar surface area (TPSA) is 93.4 Å². The van der Waals surface area contributed by atoms with E-state index in [-0.39, 0.29) is 0 Å². The van der Waals surface area contributed by atoms with Gasteiger partial charge >= 0.3 is 0 Å². The highest BCUT2D eigenvalue weighted by molar-refractivity contribution is 5.80. The van der Waals surface area contributed by atoms with E-state index < -0.39 is 0 Å². The first-order valence-corrected chi connectivity index (χ1v) is 5.96. The van der Waals surface area contributed by atoms with E-state index in [1.165, 1.54) is 6.33 Å². The molecule has 0 aliphatic carbocycles. The van der Waals surface area contributed by atoms with Crippen LogP contribution in [0.3, 0.4) is 0 Å². The molecule has 0 atom stereocenters. The summed E-state index contributed by atoms with van der Waals surface area (Å²) in [6, 6.07) is 11.7. The summed E-state index contributed by atoms with van der Waals surface area (Å²) < 4.78 is 5.21. The molecule has 1 N–H and O–H groups in total. The Labute approximate surface area is 112 Å². The van der Waals surface area contributed by atoms with Crippen LogP contribution in [0.4, 0.5) is 0 Å². The molecule has 0 amide bonds. The molecular formula is C13H8N6O. The summed E-state index contributed by atoms with van der Waals surface area (Å²) in [5.74, 6) is 1.16. The first kappa shape index (κ1) is 10.8. The lowest BCUT2D eigenvalue weighted by molar-refractivity contribution is 0.430. The van der Waals surface area contributed by atoms with Crippen LogP contribution in [0.2, 0.25) is 0 Å². The number of aromatic amines is 1. The number of pyridine rings is 1. The molecule has 0 aliphatic heterocycles. The Balaban J connectivity index is 1.79. The highest BCUT2D eigenvalue weighted by Gasteiger charge is 2.13. The third kappa shape index (κ3) is 1.72. The summed E-state index contributed by atoms with van der Waals surface area (Å²) in [6.45, 7) is 0. The molecule has 3 heterocycles. The van der Waals surface area contributed by atoms with E-state index in [0.29, 0.717) is 23.2 Å². The molecule has 0 saturated carbocycles. The van der Waals surface area contributed by atoms with Crippen LogP contribution in [0.25, 0.3) is 34.1 Å². The molecule has 0 radical (unpaired) electrons. The van der Waals surface area contributed by atoms with Crippen molar-refractivity contribution >= 4 is 10.9 Å². The smallest absolute Gasteiger partial charge is 0.276 e. The Hall–Kier alpha value is -3.09. The predicted molar refractivity (Wildman–Crippen MR) is 70.4 cm³/mol. The van der Waals surface area contributed by atoms with Crippen LogP contribution in [0, 0.1) is 0 Å². The predicted octanol–water partition coefficient (Wildman–Crippen LogP) is 2.07. The van der Waals surface area contributed by atoms with Gasteiger partial charge in [0.2, 0.25) is 5.82 Å². The van der Waals surface area contributed by atoms with Gasteiger partial charge in [0.25, 0.3) is 5.89 Å². The maximum atomic E-state index is 5.21. The van der Waals surface area contributed by atoms with Crippen molar-refractivity contribution in [3.63, 3.8) is 0 Å². The van der Waals surface area contributed by atoms with Crippen LogP contribution < -0.4 is 0 Å². The lowest BCUT2D eigenvalue weighted by Crippen LogP contribution is -1.86. The fourth-order valence-corrected chi connectivity index (χ4v) is 1.92. The van der Waals surface area contributed by atoms with Gasteiger partial charge in [0.15, 0.2) is 5.82 Å². The molecule has 4 rings (SSSR count). The number of rotatable bonds is 2. The normalized spacial score (nSPS) is 11.0. The Kier molecular flexibility index (Phi) is 2.28. The number of fused-ring (bicyclic) bond motifs is 1. The average Bonchev–Trinajstić information content (AvgIpc) is 3.17.